The van der Waals surface area contributed by atoms with Crippen molar-refractivity contribution in [2.45, 2.75) is 36.9 Å². The van der Waals surface area contributed by atoms with Crippen LogP contribution in [0.25, 0.3) is 0 Å². The van der Waals surface area contributed by atoms with Gasteiger partial charge in [-0.1, -0.05) is 40.9 Å². The van der Waals surface area contributed by atoms with Gasteiger partial charge in [0.1, 0.15) is 11.9 Å². The lowest BCUT2D eigenvalue weighted by atomic mass is 10.1. The van der Waals surface area contributed by atoms with Gasteiger partial charge in [-0.2, -0.15) is 0 Å². The van der Waals surface area contributed by atoms with Crippen LogP contribution in [0.2, 0.25) is 15.1 Å². The van der Waals surface area contributed by atoms with E-state index in [1.165, 1.54) is 6.07 Å². The van der Waals surface area contributed by atoms with Crippen LogP contribution in [0.15, 0.2) is 41.3 Å². The number of hydrogen-bond acceptors (Lipinski definition) is 5. The maximum absolute atomic E-state index is 12.5. The number of halogens is 3. The number of β-amino-alcohol motifs (C(OH)–C–C–N with tert-alkyl or cyclic N) is 1. The van der Waals surface area contributed by atoms with Crippen molar-refractivity contribution in [3.8, 4) is 5.75 Å². The molecule has 1 aliphatic rings. The number of aliphatic hydroxyl groups is 1. The third-order valence-corrected chi connectivity index (χ3v) is 7.93. The van der Waals surface area contributed by atoms with Gasteiger partial charge < -0.3 is 14.7 Å². The van der Waals surface area contributed by atoms with Crippen molar-refractivity contribution < 1.29 is 18.3 Å². The van der Waals surface area contributed by atoms with Gasteiger partial charge in [0, 0.05) is 37.3 Å². The molecule has 1 unspecified atom stereocenters. The van der Waals surface area contributed by atoms with Gasteiger partial charge in [-0.05, 0) is 49.6 Å². The number of likely N-dealkylation sites (tertiary alicyclic amines) is 1. The highest BCUT2D eigenvalue weighted by Crippen LogP contribution is 2.28. The summed E-state index contributed by atoms with van der Waals surface area (Å²) in [6.45, 7) is 3.43. The summed E-state index contributed by atoms with van der Waals surface area (Å²) in [4.78, 5) is 2.21. The van der Waals surface area contributed by atoms with Crippen molar-refractivity contribution in [2.24, 2.45) is 0 Å². The second-order valence-corrected chi connectivity index (χ2v) is 10.5. The van der Waals surface area contributed by atoms with Crippen LogP contribution in [0.3, 0.4) is 0 Å². The lowest BCUT2D eigenvalue weighted by Gasteiger charge is -2.33. The summed E-state index contributed by atoms with van der Waals surface area (Å²) in [7, 11) is -3.75. The zero-order chi connectivity index (χ0) is 22.6. The van der Waals surface area contributed by atoms with Gasteiger partial charge >= 0.3 is 0 Å². The highest BCUT2D eigenvalue weighted by molar-refractivity contribution is 7.89. The molecule has 0 spiro atoms. The van der Waals surface area contributed by atoms with E-state index in [4.69, 9.17) is 39.5 Å². The summed E-state index contributed by atoms with van der Waals surface area (Å²) in [5, 5.41) is 11.7. The Bertz CT molecular complexity index is 1010. The van der Waals surface area contributed by atoms with Crippen LogP contribution in [-0.2, 0) is 10.0 Å². The second kappa shape index (κ2) is 10.7. The second-order valence-electron chi connectivity index (χ2n) is 7.56. The lowest BCUT2D eigenvalue weighted by Crippen LogP contribution is -2.45. The molecule has 0 amide bonds. The van der Waals surface area contributed by atoms with E-state index in [0.717, 1.165) is 25.9 Å². The average Bonchev–Trinajstić information content (AvgIpc) is 2.73. The molecule has 1 atom stereocenters. The molecule has 31 heavy (non-hydrogen) atoms. The minimum Gasteiger partial charge on any atom is -0.490 e. The van der Waals surface area contributed by atoms with Crippen molar-refractivity contribution in [3.63, 3.8) is 0 Å². The molecule has 10 heteroatoms. The van der Waals surface area contributed by atoms with Gasteiger partial charge in [0.15, 0.2) is 0 Å². The molecule has 0 radical (unpaired) electrons. The molecular formula is C21H25Cl3N2O4S. The topological polar surface area (TPSA) is 78.9 Å². The van der Waals surface area contributed by atoms with Gasteiger partial charge in [-0.15, -0.1) is 0 Å². The molecule has 1 heterocycles. The molecule has 1 fully saturated rings. The van der Waals surface area contributed by atoms with Gasteiger partial charge in [0.05, 0.1) is 21.0 Å². The molecule has 0 bridgehead atoms. The number of aliphatic hydroxyl groups excluding tert-OH is 1. The smallest absolute Gasteiger partial charge is 0.240 e. The number of piperidine rings is 1. The standard InChI is InChI=1S/C21H25Cl3N2O4S/c1-14-18(22)3-2-4-21(14)31(28,29)25-12-15(27)13-26-9-7-16(8-10-26)30-17-5-6-19(23)20(24)11-17/h2-6,11,15-16,25,27H,7-10,12-13H2,1H3. The predicted molar refractivity (Wildman–Crippen MR) is 124 cm³/mol. The van der Waals surface area contributed by atoms with E-state index in [2.05, 4.69) is 9.62 Å². The van der Waals surface area contributed by atoms with Gasteiger partial charge in [0.2, 0.25) is 10.0 Å². The minimum atomic E-state index is -3.75. The summed E-state index contributed by atoms with van der Waals surface area (Å²) in [6.07, 6.45) is 0.803. The lowest BCUT2D eigenvalue weighted by molar-refractivity contribution is 0.0630. The number of hydrogen-bond donors (Lipinski definition) is 2. The fraction of sp³-hybridized carbons (Fsp3) is 0.429. The van der Waals surface area contributed by atoms with Gasteiger partial charge in [0.25, 0.3) is 0 Å². The van der Waals surface area contributed by atoms with Crippen LogP contribution in [0.5, 0.6) is 5.75 Å². The third kappa shape index (κ3) is 6.71. The Kier molecular flexibility index (Phi) is 8.49. The minimum absolute atomic E-state index is 0.0509. The van der Waals surface area contributed by atoms with E-state index < -0.39 is 16.1 Å². The van der Waals surface area contributed by atoms with E-state index in [1.807, 2.05) is 0 Å². The maximum Gasteiger partial charge on any atom is 0.240 e. The molecule has 0 saturated carbocycles. The molecule has 3 rings (SSSR count). The number of nitrogens with zero attached hydrogens (tertiary/aromatic N) is 1. The Morgan fingerprint density at radius 3 is 2.52 bits per heavy atom. The Balaban J connectivity index is 1.45. The average molecular weight is 508 g/mol. The first kappa shape index (κ1) is 24.6. The van der Waals surface area contributed by atoms with E-state index in [-0.39, 0.29) is 17.5 Å². The molecule has 1 saturated heterocycles. The molecule has 2 aromatic carbocycles. The molecule has 0 aromatic heterocycles. The maximum atomic E-state index is 12.5. The molecule has 2 N–H and O–H groups in total. The third-order valence-electron chi connectivity index (χ3n) is 5.21. The first-order chi connectivity index (χ1) is 14.7. The molecule has 1 aliphatic heterocycles. The van der Waals surface area contributed by atoms with Crippen LogP contribution in [0, 0.1) is 6.92 Å². The molecule has 170 valence electrons. The summed E-state index contributed by atoms with van der Waals surface area (Å²) in [6, 6.07) is 9.92. The number of sulfonamides is 1. The monoisotopic (exact) mass is 506 g/mol. The first-order valence-electron chi connectivity index (χ1n) is 9.92. The quantitative estimate of drug-likeness (QED) is 0.561. The highest BCUT2D eigenvalue weighted by atomic mass is 35.5. The van der Waals surface area contributed by atoms with E-state index >= 15 is 0 Å². The summed E-state index contributed by atoms with van der Waals surface area (Å²) < 4.78 is 33.5. The normalized spacial score (nSPS) is 16.9. The van der Waals surface area contributed by atoms with Crippen molar-refractivity contribution >= 4 is 44.8 Å². The van der Waals surface area contributed by atoms with Gasteiger partial charge in [-0.25, -0.2) is 13.1 Å². The first-order valence-corrected chi connectivity index (χ1v) is 12.5. The number of ether oxygens (including phenoxy) is 1. The van der Waals surface area contributed by atoms with E-state index in [9.17, 15) is 13.5 Å². The Morgan fingerprint density at radius 1 is 1.13 bits per heavy atom. The number of rotatable bonds is 8. The number of nitrogens with one attached hydrogen (secondary N) is 1. The van der Waals surface area contributed by atoms with E-state index in [0.29, 0.717) is 32.9 Å². The molecular weight excluding hydrogens is 483 g/mol. The van der Waals surface area contributed by atoms with Crippen molar-refractivity contribution in [1.29, 1.82) is 0 Å². The summed E-state index contributed by atoms with van der Waals surface area (Å²) >= 11 is 18.0. The highest BCUT2D eigenvalue weighted by Gasteiger charge is 2.24. The fourth-order valence-corrected chi connectivity index (χ4v) is 5.33. The van der Waals surface area contributed by atoms with E-state index in [1.54, 1.807) is 37.3 Å². The Morgan fingerprint density at radius 2 is 1.84 bits per heavy atom. The van der Waals surface area contributed by atoms with Crippen LogP contribution >= 0.6 is 34.8 Å². The SMILES string of the molecule is Cc1c(Cl)cccc1S(=O)(=O)NCC(O)CN1CCC(Oc2ccc(Cl)c(Cl)c2)CC1. The Hall–Kier alpha value is -1.06. The van der Waals surface area contributed by atoms with Gasteiger partial charge in [-0.3, -0.25) is 0 Å². The Labute approximate surface area is 198 Å². The molecule has 6 nitrogen and oxygen atoms in total. The largest absolute Gasteiger partial charge is 0.490 e. The van der Waals surface area contributed by atoms with Crippen molar-refractivity contribution in [3.05, 3.63) is 57.0 Å². The van der Waals surface area contributed by atoms with Crippen molar-refractivity contribution in [1.82, 2.24) is 9.62 Å². The number of benzene rings is 2. The predicted octanol–water partition coefficient (Wildman–Crippen LogP) is 4.14. The van der Waals surface area contributed by atoms with Crippen LogP contribution < -0.4 is 9.46 Å². The van der Waals surface area contributed by atoms with Crippen LogP contribution in [-0.4, -0.2) is 56.8 Å². The van der Waals surface area contributed by atoms with Crippen molar-refractivity contribution in [2.75, 3.05) is 26.2 Å². The summed E-state index contributed by atoms with van der Waals surface area (Å²) in [5.41, 5.74) is 0.482. The fourth-order valence-electron chi connectivity index (χ4n) is 3.48. The zero-order valence-corrected chi connectivity index (χ0v) is 20.1. The zero-order valence-electron chi connectivity index (χ0n) is 17.0. The molecule has 2 aromatic rings. The summed E-state index contributed by atoms with van der Waals surface area (Å²) in [5.74, 6) is 0.679. The molecule has 0 aliphatic carbocycles. The van der Waals surface area contributed by atoms with Crippen LogP contribution in [0.4, 0.5) is 0 Å². The van der Waals surface area contributed by atoms with Crippen LogP contribution in [0.1, 0.15) is 18.4 Å².